The lowest BCUT2D eigenvalue weighted by atomic mass is 9.41. The smallest absolute Gasteiger partial charge is 0.408 e. The summed E-state index contributed by atoms with van der Waals surface area (Å²) in [6, 6.07) is -1.12. The number of alkyl carbamates (subject to hydrolysis) is 1. The Hall–Kier alpha value is -1.95. The first-order chi connectivity index (χ1) is 24.6. The number of fused-ring (bicyclic) bond motifs is 2. The molecule has 5 aliphatic carbocycles. The molecule has 1 aliphatic heterocycles. The molecule has 13 atom stereocenters. The van der Waals surface area contributed by atoms with E-state index in [1.807, 2.05) is 0 Å². The van der Waals surface area contributed by atoms with Crippen molar-refractivity contribution in [3.8, 4) is 0 Å². The zero-order valence-corrected chi connectivity index (χ0v) is 35.2. The predicted octanol–water partition coefficient (Wildman–Crippen LogP) is 6.61. The Morgan fingerprint density at radius 1 is 0.833 bits per heavy atom. The Bertz CT molecular complexity index is 1480. The molecule has 308 valence electrons. The van der Waals surface area contributed by atoms with E-state index in [1.54, 1.807) is 55.4 Å². The van der Waals surface area contributed by atoms with Gasteiger partial charge in [0.25, 0.3) is 0 Å². The van der Waals surface area contributed by atoms with Gasteiger partial charge in [-0.2, -0.15) is 0 Å². The minimum atomic E-state index is -1.12. The van der Waals surface area contributed by atoms with Crippen molar-refractivity contribution in [3.63, 3.8) is 0 Å². The van der Waals surface area contributed by atoms with Crippen molar-refractivity contribution in [3.05, 3.63) is 0 Å². The number of hydrogen-bond acceptors (Lipinski definition) is 10. The molecule has 11 heteroatoms. The molecule has 1 saturated heterocycles. The highest BCUT2D eigenvalue weighted by Gasteiger charge is 2.84. The summed E-state index contributed by atoms with van der Waals surface area (Å²) in [6.45, 7) is 23.1. The van der Waals surface area contributed by atoms with Crippen LogP contribution in [0.5, 0.6) is 0 Å². The molecule has 2 spiro atoms. The Morgan fingerprint density at radius 3 is 2.07 bits per heavy atom. The van der Waals surface area contributed by atoms with E-state index in [2.05, 4.69) is 33.0 Å². The molecule has 6 aliphatic rings. The number of amides is 1. The van der Waals surface area contributed by atoms with E-state index in [0.717, 1.165) is 38.5 Å². The summed E-state index contributed by atoms with van der Waals surface area (Å²) in [4.78, 5) is 39.4. The van der Waals surface area contributed by atoms with Crippen molar-refractivity contribution in [1.29, 1.82) is 0 Å². The molecule has 6 rings (SSSR count). The molecule has 6 fully saturated rings. The number of aliphatic hydroxyl groups is 3. The molecule has 4 N–H and O–H groups in total. The first-order valence-electron chi connectivity index (χ1n) is 20.8. The van der Waals surface area contributed by atoms with E-state index in [1.165, 1.54) is 0 Å². The van der Waals surface area contributed by atoms with Gasteiger partial charge in [-0.1, -0.05) is 27.7 Å². The maximum absolute atomic E-state index is 13.9. The minimum absolute atomic E-state index is 0.00453. The summed E-state index contributed by atoms with van der Waals surface area (Å²) in [5.41, 5.74) is -3.37. The molecule has 11 nitrogen and oxygen atoms in total. The lowest BCUT2D eigenvalue weighted by molar-refractivity contribution is -0.211. The molecule has 5 saturated carbocycles. The summed E-state index contributed by atoms with van der Waals surface area (Å²) >= 11 is 0. The summed E-state index contributed by atoms with van der Waals surface area (Å²) in [5.74, 6) is -0.975. The molecule has 1 amide bonds. The van der Waals surface area contributed by atoms with Crippen LogP contribution in [0, 0.1) is 44.8 Å². The van der Waals surface area contributed by atoms with E-state index in [9.17, 15) is 29.7 Å². The molecular weight excluding hydrogens is 690 g/mol. The fourth-order valence-electron chi connectivity index (χ4n) is 13.4. The molecule has 54 heavy (non-hydrogen) atoms. The second kappa shape index (κ2) is 13.3. The number of nitrogens with one attached hydrogen (secondary N) is 1. The van der Waals surface area contributed by atoms with Crippen molar-refractivity contribution in [2.75, 3.05) is 0 Å². The maximum Gasteiger partial charge on any atom is 0.408 e. The van der Waals surface area contributed by atoms with Crippen LogP contribution in [0.1, 0.15) is 154 Å². The molecule has 0 aromatic heterocycles. The third kappa shape index (κ3) is 6.91. The third-order valence-corrected chi connectivity index (χ3v) is 15.6. The van der Waals surface area contributed by atoms with Crippen molar-refractivity contribution in [2.24, 2.45) is 44.8 Å². The Labute approximate surface area is 323 Å². The third-order valence-electron chi connectivity index (χ3n) is 15.6. The molecule has 0 radical (unpaired) electrons. The molecule has 3 unspecified atom stereocenters. The fraction of sp³-hybridized carbons (Fsp3) is 0.930. The fourth-order valence-corrected chi connectivity index (χ4v) is 13.4. The standard InChI is InChI=1S/C43H71NO10/c1-36(2,3)53-31(47)16-13-24(44-35(49)54-37(4,5)6)34(48)52-29-17-18-43-23-42(43)20-19-40(11)32(27-14-15-30(51-27)39(9,10)50)26(46)22-41(40,12)28(42)21-25(45)33(43)38(29,7)8/h24-30,32-33,45-46,50H,13-23H2,1-12H3,(H,44,49)/t24-,25-,26-,27?,28?,29-,30-,32+,33-,40+,41-,42?,43+/m0/s1. The predicted molar refractivity (Wildman–Crippen MR) is 202 cm³/mol. The Morgan fingerprint density at radius 2 is 1.48 bits per heavy atom. The average Bonchev–Trinajstić information content (AvgIpc) is 3.25. The van der Waals surface area contributed by atoms with Gasteiger partial charge >= 0.3 is 18.0 Å². The van der Waals surface area contributed by atoms with Gasteiger partial charge in [-0.05, 0) is 153 Å². The van der Waals surface area contributed by atoms with Crippen molar-refractivity contribution < 1.29 is 48.7 Å². The van der Waals surface area contributed by atoms with Gasteiger partial charge < -0.3 is 39.6 Å². The largest absolute Gasteiger partial charge is 0.460 e. The summed E-state index contributed by atoms with van der Waals surface area (Å²) in [6.07, 6.45) is 4.61. The summed E-state index contributed by atoms with van der Waals surface area (Å²) in [7, 11) is 0. The topological polar surface area (TPSA) is 161 Å². The Balaban J connectivity index is 1.19. The van der Waals surface area contributed by atoms with Crippen LogP contribution in [0.15, 0.2) is 0 Å². The zero-order chi connectivity index (χ0) is 40.2. The van der Waals surface area contributed by atoms with E-state index in [-0.39, 0.29) is 64.5 Å². The summed E-state index contributed by atoms with van der Waals surface area (Å²) in [5, 5.41) is 37.5. The SMILES string of the molecule is CC(C)(C)OC(=O)CC[C@H](NC(=O)OC(C)(C)C)C(=O)O[C@H]1CC[C@]23CC24CC[C@]2(C)[C@@H](C5CC[C@@H](C(C)(C)O)O5)[C@@H](O)C[C@@]2(C)C4C[C@H](O)[C@H]3C1(C)C. The van der Waals surface area contributed by atoms with E-state index >= 15 is 0 Å². The monoisotopic (exact) mass is 762 g/mol. The molecule has 1 heterocycles. The van der Waals surface area contributed by atoms with Crippen LogP contribution in [-0.2, 0) is 28.5 Å². The second-order valence-electron chi connectivity index (χ2n) is 22.0. The van der Waals surface area contributed by atoms with Crippen molar-refractivity contribution in [2.45, 2.75) is 207 Å². The number of carbonyl (C=O) groups excluding carboxylic acids is 3. The first kappa shape index (κ1) is 41.7. The van der Waals surface area contributed by atoms with Crippen LogP contribution < -0.4 is 5.32 Å². The minimum Gasteiger partial charge on any atom is -0.460 e. The van der Waals surface area contributed by atoms with Crippen LogP contribution >= 0.6 is 0 Å². The number of carbonyl (C=O) groups is 3. The second-order valence-corrected chi connectivity index (χ2v) is 22.0. The summed E-state index contributed by atoms with van der Waals surface area (Å²) < 4.78 is 23.8. The molecular formula is C43H71NO10. The van der Waals surface area contributed by atoms with Crippen LogP contribution in [0.3, 0.4) is 0 Å². The zero-order valence-electron chi connectivity index (χ0n) is 35.2. The maximum atomic E-state index is 13.9. The van der Waals surface area contributed by atoms with E-state index < -0.39 is 64.6 Å². The highest BCUT2D eigenvalue weighted by Crippen LogP contribution is 2.89. The van der Waals surface area contributed by atoms with Crippen LogP contribution in [0.4, 0.5) is 4.79 Å². The number of aliphatic hydroxyl groups excluding tert-OH is 2. The van der Waals surface area contributed by atoms with Gasteiger partial charge in [0, 0.05) is 17.8 Å². The van der Waals surface area contributed by atoms with Gasteiger partial charge in [0.2, 0.25) is 0 Å². The van der Waals surface area contributed by atoms with Gasteiger partial charge in [0.05, 0.1) is 30.0 Å². The van der Waals surface area contributed by atoms with Crippen LogP contribution in [0.2, 0.25) is 0 Å². The highest BCUT2D eigenvalue weighted by atomic mass is 16.6. The number of esters is 2. The highest BCUT2D eigenvalue weighted by molar-refractivity contribution is 5.82. The van der Waals surface area contributed by atoms with E-state index in [4.69, 9.17) is 18.9 Å². The first-order valence-corrected chi connectivity index (χ1v) is 20.8. The molecule has 0 bridgehead atoms. The molecule has 0 aromatic carbocycles. The lowest BCUT2D eigenvalue weighted by Gasteiger charge is -2.64. The average molecular weight is 762 g/mol. The van der Waals surface area contributed by atoms with Gasteiger partial charge in [-0.15, -0.1) is 0 Å². The number of rotatable bonds is 8. The molecule has 0 aromatic rings. The normalized spacial score (nSPS) is 43.1. The van der Waals surface area contributed by atoms with Crippen LogP contribution in [0.25, 0.3) is 0 Å². The van der Waals surface area contributed by atoms with Gasteiger partial charge in [-0.25, -0.2) is 9.59 Å². The van der Waals surface area contributed by atoms with Crippen molar-refractivity contribution in [1.82, 2.24) is 5.32 Å². The van der Waals surface area contributed by atoms with Crippen LogP contribution in [-0.4, -0.2) is 86.7 Å². The van der Waals surface area contributed by atoms with E-state index in [0.29, 0.717) is 19.3 Å². The van der Waals surface area contributed by atoms with Crippen molar-refractivity contribution >= 4 is 18.0 Å². The van der Waals surface area contributed by atoms with Gasteiger partial charge in [0.1, 0.15) is 23.3 Å². The van der Waals surface area contributed by atoms with Gasteiger partial charge in [-0.3, -0.25) is 4.79 Å². The number of hydrogen-bond donors (Lipinski definition) is 4. The quantitative estimate of drug-likeness (QED) is 0.157. The number of ether oxygens (including phenoxy) is 4. The van der Waals surface area contributed by atoms with Gasteiger partial charge in [0.15, 0.2) is 0 Å². The lowest BCUT2D eigenvalue weighted by Crippen LogP contribution is -2.62. The Kier molecular flexibility index (Phi) is 10.3.